The van der Waals surface area contributed by atoms with E-state index in [1.807, 2.05) is 11.8 Å². The van der Waals surface area contributed by atoms with Crippen LogP contribution >= 0.6 is 11.8 Å². The summed E-state index contributed by atoms with van der Waals surface area (Å²) >= 11 is 1.87. The molecule has 1 aliphatic rings. The molecule has 1 atom stereocenters. The van der Waals surface area contributed by atoms with Crippen LogP contribution in [-0.4, -0.2) is 25.0 Å². The van der Waals surface area contributed by atoms with E-state index < -0.39 is 0 Å². The van der Waals surface area contributed by atoms with Gasteiger partial charge in [0.25, 0.3) is 0 Å². The van der Waals surface area contributed by atoms with E-state index in [-0.39, 0.29) is 0 Å². The van der Waals surface area contributed by atoms with Gasteiger partial charge in [0.1, 0.15) is 0 Å². The van der Waals surface area contributed by atoms with Crippen LogP contribution in [0.2, 0.25) is 0 Å². The van der Waals surface area contributed by atoms with E-state index in [1.165, 1.54) is 10.5 Å². The van der Waals surface area contributed by atoms with Gasteiger partial charge in [-0.3, -0.25) is 0 Å². The molecule has 0 aromatic heterocycles. The van der Waals surface area contributed by atoms with Gasteiger partial charge in [-0.2, -0.15) is 0 Å². The summed E-state index contributed by atoms with van der Waals surface area (Å²) in [4.78, 5) is 1.33. The lowest BCUT2D eigenvalue weighted by Crippen LogP contribution is -2.36. The molecule has 0 radical (unpaired) electrons. The maximum atomic E-state index is 6.26. The van der Waals surface area contributed by atoms with E-state index in [1.54, 1.807) is 0 Å². The van der Waals surface area contributed by atoms with Crippen molar-refractivity contribution in [2.24, 2.45) is 11.7 Å². The van der Waals surface area contributed by atoms with Crippen molar-refractivity contribution < 1.29 is 4.74 Å². The molecular weight excluding hydrogens is 230 g/mol. The highest BCUT2D eigenvalue weighted by molar-refractivity contribution is 7.99. The Kier molecular flexibility index (Phi) is 4.89. The van der Waals surface area contributed by atoms with Crippen LogP contribution in [0, 0.1) is 12.8 Å². The van der Waals surface area contributed by atoms with Gasteiger partial charge in [0, 0.05) is 29.9 Å². The molecule has 3 heteroatoms. The van der Waals surface area contributed by atoms with Gasteiger partial charge in [-0.1, -0.05) is 17.7 Å². The van der Waals surface area contributed by atoms with Crippen LogP contribution in [0.5, 0.6) is 0 Å². The molecule has 2 rings (SSSR count). The van der Waals surface area contributed by atoms with Crippen LogP contribution in [0.4, 0.5) is 0 Å². The number of ether oxygens (including phenoxy) is 1. The number of hydrogen-bond donors (Lipinski definition) is 1. The highest BCUT2D eigenvalue weighted by atomic mass is 32.2. The lowest BCUT2D eigenvalue weighted by atomic mass is 9.94. The Morgan fingerprint density at radius 3 is 2.88 bits per heavy atom. The highest BCUT2D eigenvalue weighted by Crippen LogP contribution is 2.24. The number of rotatable bonds is 4. The Bertz CT molecular complexity index is 350. The maximum absolute atomic E-state index is 6.26. The summed E-state index contributed by atoms with van der Waals surface area (Å²) in [6.45, 7) is 3.89. The topological polar surface area (TPSA) is 35.2 Å². The van der Waals surface area contributed by atoms with Gasteiger partial charge in [-0.25, -0.2) is 0 Å². The number of nitrogens with two attached hydrogens (primary N) is 1. The third kappa shape index (κ3) is 4.02. The minimum Gasteiger partial charge on any atom is -0.381 e. The van der Waals surface area contributed by atoms with Crippen LogP contribution in [0.25, 0.3) is 0 Å². The molecule has 2 nitrogen and oxygen atoms in total. The molecule has 1 aromatic carbocycles. The summed E-state index contributed by atoms with van der Waals surface area (Å²) in [6.07, 6.45) is 2.24. The van der Waals surface area contributed by atoms with Crippen LogP contribution in [0.1, 0.15) is 18.4 Å². The van der Waals surface area contributed by atoms with Gasteiger partial charge < -0.3 is 10.5 Å². The first-order chi connectivity index (χ1) is 8.25. The Labute approximate surface area is 108 Å². The van der Waals surface area contributed by atoms with Gasteiger partial charge >= 0.3 is 0 Å². The minimum atomic E-state index is 0.296. The van der Waals surface area contributed by atoms with Crippen LogP contribution in [-0.2, 0) is 4.74 Å². The number of aryl methyl sites for hydroxylation is 1. The normalized spacial score (nSPS) is 19.2. The molecule has 0 saturated carbocycles. The minimum absolute atomic E-state index is 0.296. The molecule has 0 spiro atoms. The van der Waals surface area contributed by atoms with Crippen molar-refractivity contribution in [1.82, 2.24) is 0 Å². The number of hydrogen-bond acceptors (Lipinski definition) is 3. The number of thioether (sulfide) groups is 1. The second-order valence-electron chi connectivity index (χ2n) is 4.74. The summed E-state index contributed by atoms with van der Waals surface area (Å²) in [5, 5.41) is 0. The summed E-state index contributed by atoms with van der Waals surface area (Å²) < 4.78 is 5.37. The van der Waals surface area contributed by atoms with Crippen LogP contribution in [0.3, 0.4) is 0 Å². The summed E-state index contributed by atoms with van der Waals surface area (Å²) in [5.41, 5.74) is 7.57. The molecule has 1 aliphatic heterocycles. The molecule has 0 aliphatic carbocycles. The molecule has 1 saturated heterocycles. The average Bonchev–Trinajstić information content (AvgIpc) is 2.37. The van der Waals surface area contributed by atoms with Gasteiger partial charge in [0.15, 0.2) is 0 Å². The van der Waals surface area contributed by atoms with Crippen molar-refractivity contribution in [2.75, 3.05) is 19.0 Å². The van der Waals surface area contributed by atoms with Gasteiger partial charge in [0.05, 0.1) is 0 Å². The first-order valence-corrected chi connectivity index (χ1v) is 7.27. The molecule has 1 heterocycles. The predicted octanol–water partition coefficient (Wildman–Crippen LogP) is 2.84. The predicted molar refractivity (Wildman–Crippen MR) is 73.4 cm³/mol. The van der Waals surface area contributed by atoms with Crippen molar-refractivity contribution in [2.45, 2.75) is 30.7 Å². The fraction of sp³-hybridized carbons (Fsp3) is 0.571. The molecule has 0 amide bonds. The second-order valence-corrected chi connectivity index (χ2v) is 5.83. The van der Waals surface area contributed by atoms with Crippen LogP contribution in [0.15, 0.2) is 29.2 Å². The average molecular weight is 251 g/mol. The third-order valence-electron chi connectivity index (χ3n) is 3.30. The first-order valence-electron chi connectivity index (χ1n) is 6.28. The van der Waals surface area contributed by atoms with Gasteiger partial charge in [-0.15, -0.1) is 11.8 Å². The fourth-order valence-electron chi connectivity index (χ4n) is 2.18. The molecule has 17 heavy (non-hydrogen) atoms. The molecule has 1 aromatic rings. The van der Waals surface area contributed by atoms with Gasteiger partial charge in [-0.05, 0) is 37.8 Å². The summed E-state index contributed by atoms with van der Waals surface area (Å²) in [7, 11) is 0. The zero-order valence-electron chi connectivity index (χ0n) is 10.4. The van der Waals surface area contributed by atoms with Crippen molar-refractivity contribution in [3.63, 3.8) is 0 Å². The Morgan fingerprint density at radius 1 is 1.41 bits per heavy atom. The zero-order valence-corrected chi connectivity index (χ0v) is 11.2. The fourth-order valence-corrected chi connectivity index (χ4v) is 3.28. The monoisotopic (exact) mass is 251 g/mol. The second kappa shape index (κ2) is 6.43. The van der Waals surface area contributed by atoms with E-state index in [2.05, 4.69) is 31.2 Å². The van der Waals surface area contributed by atoms with Crippen molar-refractivity contribution in [1.29, 1.82) is 0 Å². The van der Waals surface area contributed by atoms with E-state index in [0.29, 0.717) is 12.0 Å². The van der Waals surface area contributed by atoms with E-state index in [0.717, 1.165) is 31.8 Å². The van der Waals surface area contributed by atoms with E-state index in [9.17, 15) is 0 Å². The molecule has 1 unspecified atom stereocenters. The molecule has 94 valence electrons. The SMILES string of the molecule is Cc1cccc(SCC(N)C2CCOCC2)c1. The van der Waals surface area contributed by atoms with Crippen molar-refractivity contribution in [3.05, 3.63) is 29.8 Å². The Hall–Kier alpha value is -0.510. The molecule has 2 N–H and O–H groups in total. The zero-order chi connectivity index (χ0) is 12.1. The maximum Gasteiger partial charge on any atom is 0.0469 e. The first kappa shape index (κ1) is 12.9. The lowest BCUT2D eigenvalue weighted by molar-refractivity contribution is 0.0607. The summed E-state index contributed by atoms with van der Waals surface area (Å²) in [6, 6.07) is 8.92. The number of benzene rings is 1. The van der Waals surface area contributed by atoms with Crippen molar-refractivity contribution in [3.8, 4) is 0 Å². The molecule has 1 fully saturated rings. The molecule has 0 bridgehead atoms. The Balaban J connectivity index is 1.80. The quantitative estimate of drug-likeness (QED) is 0.836. The molecular formula is C14H21NOS. The van der Waals surface area contributed by atoms with E-state index in [4.69, 9.17) is 10.5 Å². The smallest absolute Gasteiger partial charge is 0.0469 e. The summed E-state index contributed by atoms with van der Waals surface area (Å²) in [5.74, 6) is 1.65. The van der Waals surface area contributed by atoms with E-state index >= 15 is 0 Å². The third-order valence-corrected chi connectivity index (χ3v) is 4.44. The standard InChI is InChI=1S/C14H21NOS/c1-11-3-2-4-13(9-11)17-10-14(15)12-5-7-16-8-6-12/h2-4,9,12,14H,5-8,10,15H2,1H3. The van der Waals surface area contributed by atoms with Crippen molar-refractivity contribution >= 4 is 11.8 Å². The van der Waals surface area contributed by atoms with Crippen LogP contribution < -0.4 is 5.73 Å². The lowest BCUT2D eigenvalue weighted by Gasteiger charge is -2.27. The largest absolute Gasteiger partial charge is 0.381 e. The Morgan fingerprint density at radius 2 is 2.18 bits per heavy atom. The van der Waals surface area contributed by atoms with Gasteiger partial charge in [0.2, 0.25) is 0 Å². The highest BCUT2D eigenvalue weighted by Gasteiger charge is 2.20.